The predicted octanol–water partition coefficient (Wildman–Crippen LogP) is 0.821. The lowest BCUT2D eigenvalue weighted by molar-refractivity contribution is 0.153. The molecule has 17 heavy (non-hydrogen) atoms. The summed E-state index contributed by atoms with van der Waals surface area (Å²) in [5, 5.41) is 0. The fourth-order valence-corrected chi connectivity index (χ4v) is 2.36. The van der Waals surface area contributed by atoms with E-state index in [1.54, 1.807) is 4.72 Å². The smallest absolute Gasteiger partial charge is 0.251 e. The van der Waals surface area contributed by atoms with Crippen molar-refractivity contribution in [2.75, 3.05) is 19.4 Å². The summed E-state index contributed by atoms with van der Waals surface area (Å²) in [7, 11) is -2.78. The Morgan fingerprint density at radius 1 is 1.47 bits per heavy atom. The van der Waals surface area contributed by atoms with Crippen molar-refractivity contribution in [2.45, 2.75) is 11.3 Å². The second-order valence-corrected chi connectivity index (χ2v) is 4.89. The molecule has 0 radical (unpaired) electrons. The Labute approximate surface area is 97.6 Å². The molecule has 0 amide bonds. The van der Waals surface area contributed by atoms with Crippen LogP contribution in [0.5, 0.6) is 5.75 Å². The van der Waals surface area contributed by atoms with E-state index in [0.717, 1.165) is 6.07 Å². The van der Waals surface area contributed by atoms with E-state index >= 15 is 0 Å². The number of sulfonamides is 1. The molecule has 0 spiro atoms. The molecule has 0 aromatic heterocycles. The van der Waals surface area contributed by atoms with E-state index in [0.29, 0.717) is 0 Å². The van der Waals surface area contributed by atoms with Crippen LogP contribution < -0.4 is 15.2 Å². The van der Waals surface area contributed by atoms with E-state index in [1.165, 1.54) is 19.2 Å². The van der Waals surface area contributed by atoms with Gasteiger partial charge in [-0.25, -0.2) is 21.9 Å². The molecule has 0 aliphatic rings. The van der Waals surface area contributed by atoms with E-state index in [9.17, 15) is 17.2 Å². The van der Waals surface area contributed by atoms with Crippen LogP contribution in [-0.4, -0.2) is 28.5 Å². The molecule has 0 aliphatic heterocycles. The maximum atomic E-state index is 12.0. The largest absolute Gasteiger partial charge is 0.495 e. The third-order valence-electron chi connectivity index (χ3n) is 1.90. The highest BCUT2D eigenvalue weighted by Gasteiger charge is 2.20. The zero-order valence-electron chi connectivity index (χ0n) is 8.98. The minimum atomic E-state index is -4.06. The van der Waals surface area contributed by atoms with Crippen LogP contribution in [0.4, 0.5) is 14.5 Å². The number of halogens is 2. The van der Waals surface area contributed by atoms with Gasteiger partial charge < -0.3 is 10.5 Å². The molecule has 0 saturated carbocycles. The molecule has 3 N–H and O–H groups in total. The van der Waals surface area contributed by atoms with Crippen molar-refractivity contribution < 1.29 is 21.9 Å². The van der Waals surface area contributed by atoms with Gasteiger partial charge in [-0.3, -0.25) is 0 Å². The molecule has 0 atom stereocenters. The summed E-state index contributed by atoms with van der Waals surface area (Å²) in [6, 6.07) is 3.95. The first-order valence-corrected chi connectivity index (χ1v) is 6.06. The Morgan fingerprint density at radius 2 is 2.12 bits per heavy atom. The highest BCUT2D eigenvalue weighted by atomic mass is 32.2. The molecule has 0 aliphatic carbocycles. The van der Waals surface area contributed by atoms with E-state index in [4.69, 9.17) is 10.5 Å². The number of rotatable bonds is 5. The van der Waals surface area contributed by atoms with Gasteiger partial charge in [0.25, 0.3) is 6.43 Å². The van der Waals surface area contributed by atoms with Crippen molar-refractivity contribution in [3.8, 4) is 5.75 Å². The van der Waals surface area contributed by atoms with Crippen LogP contribution >= 0.6 is 0 Å². The maximum absolute atomic E-state index is 12.0. The Balaban J connectivity index is 3.09. The van der Waals surface area contributed by atoms with Crippen molar-refractivity contribution in [3.05, 3.63) is 18.2 Å². The van der Waals surface area contributed by atoms with Crippen molar-refractivity contribution in [3.63, 3.8) is 0 Å². The minimum Gasteiger partial charge on any atom is -0.495 e. The van der Waals surface area contributed by atoms with Gasteiger partial charge in [0.1, 0.15) is 10.6 Å². The van der Waals surface area contributed by atoms with Gasteiger partial charge in [-0.2, -0.15) is 0 Å². The Morgan fingerprint density at radius 3 is 2.65 bits per heavy atom. The van der Waals surface area contributed by atoms with E-state index in [2.05, 4.69) is 0 Å². The van der Waals surface area contributed by atoms with Crippen LogP contribution in [0.15, 0.2) is 23.1 Å². The zero-order chi connectivity index (χ0) is 13.1. The number of alkyl halides is 2. The molecule has 0 fully saturated rings. The number of hydrogen-bond acceptors (Lipinski definition) is 4. The van der Waals surface area contributed by atoms with Crippen LogP contribution in [0, 0.1) is 0 Å². The summed E-state index contributed by atoms with van der Waals surface area (Å²) >= 11 is 0. The SMILES string of the molecule is COc1ccc(N)cc1S(=O)(=O)NCC(F)F. The molecule has 1 aromatic rings. The van der Waals surface area contributed by atoms with Gasteiger partial charge in [0.2, 0.25) is 10.0 Å². The number of nitrogens with two attached hydrogens (primary N) is 1. The molecule has 0 bridgehead atoms. The lowest BCUT2D eigenvalue weighted by Crippen LogP contribution is -2.29. The number of nitrogen functional groups attached to an aromatic ring is 1. The lowest BCUT2D eigenvalue weighted by atomic mass is 10.3. The number of anilines is 1. The van der Waals surface area contributed by atoms with Crippen LogP contribution in [-0.2, 0) is 10.0 Å². The molecule has 1 rings (SSSR count). The standard InChI is InChI=1S/C9H12F2N2O3S/c1-16-7-3-2-6(12)4-8(7)17(14,15)13-5-9(10)11/h2-4,9,13H,5,12H2,1H3. The first-order valence-electron chi connectivity index (χ1n) is 4.58. The van der Waals surface area contributed by atoms with Crippen LogP contribution in [0.25, 0.3) is 0 Å². The number of benzene rings is 1. The second kappa shape index (κ2) is 5.28. The van der Waals surface area contributed by atoms with Crippen molar-refractivity contribution in [1.29, 1.82) is 0 Å². The molecule has 0 heterocycles. The first kappa shape index (κ1) is 13.7. The number of nitrogens with one attached hydrogen (secondary N) is 1. The topological polar surface area (TPSA) is 81.4 Å². The molecule has 1 aromatic carbocycles. The van der Waals surface area contributed by atoms with E-state index in [-0.39, 0.29) is 16.3 Å². The zero-order valence-corrected chi connectivity index (χ0v) is 9.80. The summed E-state index contributed by atoms with van der Waals surface area (Å²) in [5.74, 6) is 0.0426. The van der Waals surface area contributed by atoms with Gasteiger partial charge in [0.15, 0.2) is 0 Å². The number of methoxy groups -OCH3 is 1. The van der Waals surface area contributed by atoms with Crippen molar-refractivity contribution in [2.24, 2.45) is 0 Å². The molecule has 96 valence electrons. The Kier molecular flexibility index (Phi) is 4.24. The summed E-state index contributed by atoms with van der Waals surface area (Å²) in [5.41, 5.74) is 5.64. The Bertz CT molecular complexity index is 491. The number of ether oxygens (including phenoxy) is 1. The fraction of sp³-hybridized carbons (Fsp3) is 0.333. The molecule has 0 unspecified atom stereocenters. The van der Waals surface area contributed by atoms with Gasteiger partial charge in [0, 0.05) is 5.69 Å². The van der Waals surface area contributed by atoms with E-state index in [1.807, 2.05) is 0 Å². The van der Waals surface area contributed by atoms with Gasteiger partial charge in [0.05, 0.1) is 13.7 Å². The summed E-state index contributed by atoms with van der Waals surface area (Å²) < 4.78 is 53.9. The summed E-state index contributed by atoms with van der Waals surface area (Å²) in [6.45, 7) is -0.958. The van der Waals surface area contributed by atoms with Gasteiger partial charge in [-0.1, -0.05) is 0 Å². The maximum Gasteiger partial charge on any atom is 0.251 e. The molecular formula is C9H12F2N2O3S. The van der Waals surface area contributed by atoms with Crippen LogP contribution in [0.2, 0.25) is 0 Å². The molecule has 8 heteroatoms. The average Bonchev–Trinajstić information content (AvgIpc) is 2.26. The first-order chi connectivity index (χ1) is 7.86. The van der Waals surface area contributed by atoms with Crippen LogP contribution in [0.1, 0.15) is 0 Å². The highest BCUT2D eigenvalue weighted by molar-refractivity contribution is 7.89. The minimum absolute atomic E-state index is 0.0426. The third-order valence-corrected chi connectivity index (χ3v) is 3.35. The van der Waals surface area contributed by atoms with Gasteiger partial charge in [-0.15, -0.1) is 0 Å². The van der Waals surface area contributed by atoms with Crippen molar-refractivity contribution >= 4 is 15.7 Å². The summed E-state index contributed by atoms with van der Waals surface area (Å²) in [4.78, 5) is -0.263. The lowest BCUT2D eigenvalue weighted by Gasteiger charge is -2.11. The van der Waals surface area contributed by atoms with Gasteiger partial charge in [-0.05, 0) is 18.2 Å². The third kappa shape index (κ3) is 3.53. The average molecular weight is 266 g/mol. The highest BCUT2D eigenvalue weighted by Crippen LogP contribution is 2.25. The summed E-state index contributed by atoms with van der Waals surface area (Å²) in [6.07, 6.45) is -2.77. The second-order valence-electron chi connectivity index (χ2n) is 3.15. The van der Waals surface area contributed by atoms with Crippen LogP contribution in [0.3, 0.4) is 0 Å². The molecule has 0 saturated heterocycles. The monoisotopic (exact) mass is 266 g/mol. The van der Waals surface area contributed by atoms with Gasteiger partial charge >= 0.3 is 0 Å². The predicted molar refractivity (Wildman–Crippen MR) is 58.6 cm³/mol. The normalized spacial score (nSPS) is 11.8. The number of hydrogen-bond donors (Lipinski definition) is 2. The van der Waals surface area contributed by atoms with Crippen molar-refractivity contribution in [1.82, 2.24) is 4.72 Å². The quantitative estimate of drug-likeness (QED) is 0.773. The fourth-order valence-electron chi connectivity index (χ4n) is 1.15. The van der Waals surface area contributed by atoms with E-state index < -0.39 is 23.0 Å². The molecular weight excluding hydrogens is 254 g/mol. The molecule has 5 nitrogen and oxygen atoms in total. The Hall–Kier alpha value is -1.41.